The van der Waals surface area contributed by atoms with Crippen molar-refractivity contribution in [2.45, 2.75) is 58.7 Å². The summed E-state index contributed by atoms with van der Waals surface area (Å²) < 4.78 is 82.7. The SMILES string of the molecule is CCCCOc1ccc(CCCS(=O)(=O)NCCOC(C)C)c(Oc2ncc(C(F)(F)F)cc2Cl)c1. The molecule has 36 heavy (non-hydrogen) atoms. The fourth-order valence-electron chi connectivity index (χ4n) is 3.04. The zero-order valence-electron chi connectivity index (χ0n) is 20.5. The van der Waals surface area contributed by atoms with Crippen molar-refractivity contribution in [1.82, 2.24) is 9.71 Å². The lowest BCUT2D eigenvalue weighted by atomic mass is 10.1. The average Bonchev–Trinajstić information content (AvgIpc) is 2.78. The summed E-state index contributed by atoms with van der Waals surface area (Å²) in [6.07, 6.45) is -1.55. The van der Waals surface area contributed by atoms with Gasteiger partial charge in [0.15, 0.2) is 0 Å². The van der Waals surface area contributed by atoms with Crippen LogP contribution < -0.4 is 14.2 Å². The third-order valence-electron chi connectivity index (χ3n) is 4.88. The van der Waals surface area contributed by atoms with Gasteiger partial charge in [-0.3, -0.25) is 0 Å². The van der Waals surface area contributed by atoms with Crippen LogP contribution in [0, 0.1) is 0 Å². The van der Waals surface area contributed by atoms with Crippen molar-refractivity contribution in [2.75, 3.05) is 25.5 Å². The van der Waals surface area contributed by atoms with E-state index in [1.807, 2.05) is 20.8 Å². The lowest BCUT2D eigenvalue weighted by molar-refractivity contribution is -0.137. The molecule has 0 aliphatic rings. The molecule has 12 heteroatoms. The zero-order chi connectivity index (χ0) is 26.8. The van der Waals surface area contributed by atoms with Gasteiger partial charge in [-0.25, -0.2) is 18.1 Å². The number of hydrogen-bond donors (Lipinski definition) is 1. The third kappa shape index (κ3) is 10.5. The van der Waals surface area contributed by atoms with E-state index in [9.17, 15) is 21.6 Å². The van der Waals surface area contributed by atoms with Gasteiger partial charge in [-0.05, 0) is 50.8 Å². The highest BCUT2D eigenvalue weighted by molar-refractivity contribution is 7.89. The summed E-state index contributed by atoms with van der Waals surface area (Å²) in [5.41, 5.74) is -0.359. The molecule has 1 heterocycles. The lowest BCUT2D eigenvalue weighted by Gasteiger charge is -2.15. The second kappa shape index (κ2) is 14.0. The predicted molar refractivity (Wildman–Crippen MR) is 132 cm³/mol. The average molecular weight is 553 g/mol. The van der Waals surface area contributed by atoms with E-state index < -0.39 is 21.8 Å². The molecule has 0 saturated carbocycles. The number of aryl methyl sites for hydroxylation is 1. The van der Waals surface area contributed by atoms with Crippen molar-refractivity contribution >= 4 is 21.6 Å². The summed E-state index contributed by atoms with van der Waals surface area (Å²) >= 11 is 6.01. The molecule has 0 saturated heterocycles. The molecule has 1 aromatic heterocycles. The second-order valence-corrected chi connectivity index (χ2v) is 10.7. The molecular weight excluding hydrogens is 521 g/mol. The topological polar surface area (TPSA) is 86.8 Å². The molecule has 0 aliphatic heterocycles. The number of unbranched alkanes of at least 4 members (excludes halogenated alkanes) is 1. The van der Waals surface area contributed by atoms with Gasteiger partial charge in [-0.15, -0.1) is 0 Å². The van der Waals surface area contributed by atoms with Gasteiger partial charge in [-0.1, -0.05) is 31.0 Å². The van der Waals surface area contributed by atoms with Crippen LogP contribution in [0.25, 0.3) is 0 Å². The third-order valence-corrected chi connectivity index (χ3v) is 6.62. The van der Waals surface area contributed by atoms with Crippen LogP contribution in [0.1, 0.15) is 51.2 Å². The molecule has 0 radical (unpaired) electrons. The molecule has 0 unspecified atom stereocenters. The van der Waals surface area contributed by atoms with Crippen LogP contribution in [0.2, 0.25) is 5.02 Å². The van der Waals surface area contributed by atoms with Crippen molar-refractivity contribution in [3.8, 4) is 17.4 Å². The maximum absolute atomic E-state index is 12.9. The fourth-order valence-corrected chi connectivity index (χ4v) is 4.30. The highest BCUT2D eigenvalue weighted by Crippen LogP contribution is 2.36. The molecule has 0 atom stereocenters. The minimum Gasteiger partial charge on any atom is -0.493 e. The van der Waals surface area contributed by atoms with Crippen LogP contribution >= 0.6 is 11.6 Å². The molecule has 0 spiro atoms. The molecule has 0 aliphatic carbocycles. The maximum Gasteiger partial charge on any atom is 0.417 e. The van der Waals surface area contributed by atoms with Gasteiger partial charge in [0.2, 0.25) is 15.9 Å². The van der Waals surface area contributed by atoms with Gasteiger partial charge in [0.25, 0.3) is 0 Å². The van der Waals surface area contributed by atoms with Crippen molar-refractivity contribution in [2.24, 2.45) is 0 Å². The number of nitrogens with one attached hydrogen (secondary N) is 1. The summed E-state index contributed by atoms with van der Waals surface area (Å²) in [5.74, 6) is 0.455. The summed E-state index contributed by atoms with van der Waals surface area (Å²) in [6.45, 7) is 6.69. The molecular formula is C24H32ClF3N2O5S. The van der Waals surface area contributed by atoms with Crippen molar-refractivity contribution < 1.29 is 35.8 Å². The predicted octanol–water partition coefficient (Wildman–Crippen LogP) is 6.00. The number of alkyl halides is 3. The quantitative estimate of drug-likeness (QED) is 0.273. The molecule has 2 aromatic rings. The Kier molecular flexibility index (Phi) is 11.7. The van der Waals surface area contributed by atoms with Crippen LogP contribution in [0.3, 0.4) is 0 Å². The van der Waals surface area contributed by atoms with E-state index in [0.29, 0.717) is 30.5 Å². The Hall–Kier alpha value is -2.08. The molecule has 0 fully saturated rings. The van der Waals surface area contributed by atoms with Crippen LogP contribution in [0.15, 0.2) is 30.5 Å². The van der Waals surface area contributed by atoms with E-state index >= 15 is 0 Å². The summed E-state index contributed by atoms with van der Waals surface area (Å²) in [6, 6.07) is 5.80. The minimum atomic E-state index is -4.59. The number of pyridine rings is 1. The van der Waals surface area contributed by atoms with Gasteiger partial charge in [0, 0.05) is 18.8 Å². The Morgan fingerprint density at radius 1 is 1.14 bits per heavy atom. The Morgan fingerprint density at radius 3 is 2.53 bits per heavy atom. The molecule has 0 bridgehead atoms. The molecule has 7 nitrogen and oxygen atoms in total. The highest BCUT2D eigenvalue weighted by Gasteiger charge is 2.32. The van der Waals surface area contributed by atoms with Gasteiger partial charge in [-0.2, -0.15) is 13.2 Å². The monoisotopic (exact) mass is 552 g/mol. The zero-order valence-corrected chi connectivity index (χ0v) is 22.1. The van der Waals surface area contributed by atoms with E-state index in [4.69, 9.17) is 25.8 Å². The maximum atomic E-state index is 12.9. The van der Waals surface area contributed by atoms with E-state index in [1.54, 1.807) is 18.2 Å². The van der Waals surface area contributed by atoms with Crippen molar-refractivity contribution in [3.05, 3.63) is 46.6 Å². The molecule has 1 aromatic carbocycles. The lowest BCUT2D eigenvalue weighted by Crippen LogP contribution is -2.30. The smallest absolute Gasteiger partial charge is 0.417 e. The second-order valence-electron chi connectivity index (χ2n) is 8.32. The van der Waals surface area contributed by atoms with Crippen LogP contribution in [0.5, 0.6) is 17.4 Å². The first-order valence-corrected chi connectivity index (χ1v) is 13.7. The van der Waals surface area contributed by atoms with Gasteiger partial charge in [0.1, 0.15) is 16.5 Å². The molecule has 1 N–H and O–H groups in total. The molecule has 0 amide bonds. The van der Waals surface area contributed by atoms with E-state index in [0.717, 1.165) is 18.9 Å². The Bertz CT molecular complexity index is 1080. The van der Waals surface area contributed by atoms with Gasteiger partial charge < -0.3 is 14.2 Å². The standard InChI is InChI=1S/C24H32ClF3N2O5S/c1-4-5-11-34-20-9-8-18(7-6-13-36(31,32)30-10-12-33-17(2)3)22(15-20)35-23-21(25)14-19(16-29-23)24(26,27)28/h8-9,14-17,30H,4-7,10-13H2,1-3H3. The number of halogens is 4. The van der Waals surface area contributed by atoms with E-state index in [2.05, 4.69) is 9.71 Å². The first-order chi connectivity index (χ1) is 16.9. The summed E-state index contributed by atoms with van der Waals surface area (Å²) in [7, 11) is -3.51. The number of aromatic nitrogens is 1. The van der Waals surface area contributed by atoms with Crippen LogP contribution in [-0.4, -0.2) is 45.0 Å². The summed E-state index contributed by atoms with van der Waals surface area (Å²) in [5, 5.41) is -0.302. The minimum absolute atomic E-state index is 0.00880. The number of rotatable bonds is 15. The Morgan fingerprint density at radius 2 is 1.89 bits per heavy atom. The number of nitrogens with zero attached hydrogens (tertiary/aromatic N) is 1. The van der Waals surface area contributed by atoms with E-state index in [-0.39, 0.29) is 48.1 Å². The molecule has 202 valence electrons. The van der Waals surface area contributed by atoms with Gasteiger partial charge in [0.05, 0.1) is 30.6 Å². The number of sulfonamides is 1. The Labute approximate surface area is 215 Å². The van der Waals surface area contributed by atoms with Crippen LogP contribution in [0.4, 0.5) is 13.2 Å². The number of ether oxygens (including phenoxy) is 3. The largest absolute Gasteiger partial charge is 0.493 e. The highest BCUT2D eigenvalue weighted by atomic mass is 35.5. The van der Waals surface area contributed by atoms with Gasteiger partial charge >= 0.3 is 6.18 Å². The Balaban J connectivity index is 2.13. The first-order valence-electron chi connectivity index (χ1n) is 11.7. The van der Waals surface area contributed by atoms with Crippen molar-refractivity contribution in [1.29, 1.82) is 0 Å². The summed E-state index contributed by atoms with van der Waals surface area (Å²) in [4.78, 5) is 3.73. The fraction of sp³-hybridized carbons (Fsp3) is 0.542. The van der Waals surface area contributed by atoms with Crippen LogP contribution in [-0.2, 0) is 27.4 Å². The first kappa shape index (κ1) is 30.1. The number of hydrogen-bond acceptors (Lipinski definition) is 6. The number of benzene rings is 1. The van der Waals surface area contributed by atoms with E-state index in [1.165, 1.54) is 0 Å². The normalized spacial score (nSPS) is 12.2. The van der Waals surface area contributed by atoms with Crippen molar-refractivity contribution in [3.63, 3.8) is 0 Å². The molecule has 2 rings (SSSR count).